The van der Waals surface area contributed by atoms with Gasteiger partial charge in [-0.15, -0.1) is 0 Å². The lowest BCUT2D eigenvalue weighted by atomic mass is 10.2. The first-order valence-corrected chi connectivity index (χ1v) is 7.27. The van der Waals surface area contributed by atoms with Gasteiger partial charge in [-0.25, -0.2) is 4.98 Å². The van der Waals surface area contributed by atoms with Crippen molar-refractivity contribution in [2.24, 2.45) is 7.05 Å². The van der Waals surface area contributed by atoms with Gasteiger partial charge in [0.1, 0.15) is 11.6 Å². The zero-order valence-electron chi connectivity index (χ0n) is 12.3. The molecule has 2 aromatic rings. The van der Waals surface area contributed by atoms with Gasteiger partial charge in [-0.1, -0.05) is 16.8 Å². The molecule has 1 aliphatic heterocycles. The van der Waals surface area contributed by atoms with Gasteiger partial charge in [0, 0.05) is 26.0 Å². The molecular formula is C14H15ClN4O3. The van der Waals surface area contributed by atoms with Crippen LogP contribution in [0, 0.1) is 6.92 Å². The van der Waals surface area contributed by atoms with Crippen LogP contribution in [0.15, 0.2) is 15.4 Å². The summed E-state index contributed by atoms with van der Waals surface area (Å²) >= 11 is 5.67. The molecular weight excluding hydrogens is 308 g/mol. The predicted molar refractivity (Wildman–Crippen MR) is 78.3 cm³/mol. The normalized spacial score (nSPS) is 13.5. The second-order valence-electron chi connectivity index (χ2n) is 5.31. The van der Waals surface area contributed by atoms with Crippen LogP contribution in [0.2, 0.25) is 5.15 Å². The molecule has 1 aliphatic rings. The SMILES string of the molecule is Cc1nc2c(c(=O)n1C)CN(C(=O)CCc1cc(Cl)no1)C2. The van der Waals surface area contributed by atoms with E-state index in [1.807, 2.05) is 0 Å². The maximum absolute atomic E-state index is 12.3. The largest absolute Gasteiger partial charge is 0.360 e. The molecule has 0 saturated heterocycles. The Balaban J connectivity index is 1.69. The Kier molecular flexibility index (Phi) is 3.74. The summed E-state index contributed by atoms with van der Waals surface area (Å²) in [5.41, 5.74) is 1.21. The van der Waals surface area contributed by atoms with E-state index in [1.165, 1.54) is 4.57 Å². The second kappa shape index (κ2) is 5.57. The fourth-order valence-corrected chi connectivity index (χ4v) is 2.65. The van der Waals surface area contributed by atoms with E-state index in [9.17, 15) is 9.59 Å². The van der Waals surface area contributed by atoms with E-state index in [2.05, 4.69) is 10.1 Å². The molecule has 7 nitrogen and oxygen atoms in total. The van der Waals surface area contributed by atoms with Crippen LogP contribution in [0.3, 0.4) is 0 Å². The summed E-state index contributed by atoms with van der Waals surface area (Å²) in [4.78, 5) is 30.5. The molecule has 116 valence electrons. The highest BCUT2D eigenvalue weighted by atomic mass is 35.5. The van der Waals surface area contributed by atoms with Crippen molar-refractivity contribution >= 4 is 17.5 Å². The number of halogens is 1. The number of hydrogen-bond acceptors (Lipinski definition) is 5. The summed E-state index contributed by atoms with van der Waals surface area (Å²) in [5.74, 6) is 1.17. The van der Waals surface area contributed by atoms with Crippen molar-refractivity contribution in [3.8, 4) is 0 Å². The lowest BCUT2D eigenvalue weighted by Gasteiger charge is -2.14. The van der Waals surface area contributed by atoms with Gasteiger partial charge in [0.25, 0.3) is 5.56 Å². The second-order valence-corrected chi connectivity index (χ2v) is 5.70. The van der Waals surface area contributed by atoms with Crippen LogP contribution < -0.4 is 5.56 Å². The number of aromatic nitrogens is 3. The molecule has 8 heteroatoms. The first-order chi connectivity index (χ1) is 10.5. The molecule has 1 amide bonds. The Labute approximate surface area is 131 Å². The summed E-state index contributed by atoms with van der Waals surface area (Å²) in [6, 6.07) is 1.59. The molecule has 0 aliphatic carbocycles. The summed E-state index contributed by atoms with van der Waals surface area (Å²) in [6.07, 6.45) is 0.703. The number of nitrogens with zero attached hydrogens (tertiary/aromatic N) is 4. The molecule has 3 heterocycles. The standard InChI is InChI=1S/C14H15ClN4O3/c1-8-16-11-7-19(6-10(11)14(21)18(8)2)13(20)4-3-9-5-12(15)17-22-9/h5H,3-4,6-7H2,1-2H3. The average molecular weight is 323 g/mol. The maximum Gasteiger partial charge on any atom is 0.258 e. The fourth-order valence-electron chi connectivity index (χ4n) is 2.50. The van der Waals surface area contributed by atoms with Crippen LogP contribution in [0.4, 0.5) is 0 Å². The first kappa shape index (κ1) is 14.8. The minimum atomic E-state index is -0.0835. The van der Waals surface area contributed by atoms with Crippen LogP contribution in [0.5, 0.6) is 0 Å². The molecule has 2 aromatic heterocycles. The number of carbonyl (C=O) groups excluding carboxylic acids is 1. The molecule has 0 N–H and O–H groups in total. The monoisotopic (exact) mass is 322 g/mol. The number of fused-ring (bicyclic) bond motifs is 1. The van der Waals surface area contributed by atoms with Gasteiger partial charge in [-0.2, -0.15) is 0 Å². The summed E-state index contributed by atoms with van der Waals surface area (Å²) in [6.45, 7) is 2.47. The predicted octanol–water partition coefficient (Wildman–Crippen LogP) is 1.21. The van der Waals surface area contributed by atoms with Gasteiger partial charge >= 0.3 is 0 Å². The summed E-state index contributed by atoms with van der Waals surface area (Å²) < 4.78 is 6.47. The van der Waals surface area contributed by atoms with Crippen molar-refractivity contribution in [3.05, 3.63) is 44.4 Å². The van der Waals surface area contributed by atoms with E-state index in [4.69, 9.17) is 16.1 Å². The smallest absolute Gasteiger partial charge is 0.258 e. The van der Waals surface area contributed by atoms with E-state index in [0.717, 1.165) is 0 Å². The van der Waals surface area contributed by atoms with Crippen molar-refractivity contribution in [1.82, 2.24) is 19.6 Å². The van der Waals surface area contributed by atoms with Crippen molar-refractivity contribution < 1.29 is 9.32 Å². The van der Waals surface area contributed by atoms with E-state index in [0.29, 0.717) is 42.4 Å². The van der Waals surface area contributed by atoms with Crippen molar-refractivity contribution in [2.45, 2.75) is 32.9 Å². The number of aryl methyl sites for hydroxylation is 2. The van der Waals surface area contributed by atoms with Gasteiger partial charge in [0.15, 0.2) is 5.15 Å². The van der Waals surface area contributed by atoms with Gasteiger partial charge in [-0.05, 0) is 6.92 Å². The zero-order chi connectivity index (χ0) is 15.9. The van der Waals surface area contributed by atoms with Crippen LogP contribution in [0.25, 0.3) is 0 Å². The highest BCUT2D eigenvalue weighted by Crippen LogP contribution is 2.20. The van der Waals surface area contributed by atoms with Gasteiger partial charge in [0.05, 0.1) is 24.3 Å². The van der Waals surface area contributed by atoms with Crippen molar-refractivity contribution in [3.63, 3.8) is 0 Å². The Morgan fingerprint density at radius 3 is 2.91 bits per heavy atom. The van der Waals surface area contributed by atoms with E-state index in [-0.39, 0.29) is 23.0 Å². The Bertz CT molecular complexity index is 796. The Morgan fingerprint density at radius 1 is 1.45 bits per heavy atom. The fraction of sp³-hybridized carbons (Fsp3) is 0.429. The molecule has 0 radical (unpaired) electrons. The highest BCUT2D eigenvalue weighted by molar-refractivity contribution is 6.29. The molecule has 3 rings (SSSR count). The Morgan fingerprint density at radius 2 is 2.23 bits per heavy atom. The molecule has 0 aromatic carbocycles. The molecule has 22 heavy (non-hydrogen) atoms. The van der Waals surface area contributed by atoms with E-state index < -0.39 is 0 Å². The maximum atomic E-state index is 12.3. The Hall–Kier alpha value is -2.15. The number of hydrogen-bond donors (Lipinski definition) is 0. The van der Waals surface area contributed by atoms with Gasteiger partial charge in [-0.3, -0.25) is 14.2 Å². The lowest BCUT2D eigenvalue weighted by molar-refractivity contribution is -0.131. The summed E-state index contributed by atoms with van der Waals surface area (Å²) in [7, 11) is 1.68. The molecule has 0 atom stereocenters. The molecule has 0 bridgehead atoms. The third kappa shape index (κ3) is 2.64. The quantitative estimate of drug-likeness (QED) is 0.848. The zero-order valence-corrected chi connectivity index (χ0v) is 13.1. The highest BCUT2D eigenvalue weighted by Gasteiger charge is 2.27. The average Bonchev–Trinajstić information content (AvgIpc) is 3.09. The molecule has 0 unspecified atom stereocenters. The van der Waals surface area contributed by atoms with Crippen molar-refractivity contribution in [2.75, 3.05) is 0 Å². The third-order valence-electron chi connectivity index (χ3n) is 3.85. The van der Waals surface area contributed by atoms with Gasteiger partial charge in [0.2, 0.25) is 5.91 Å². The van der Waals surface area contributed by atoms with Crippen LogP contribution in [-0.4, -0.2) is 25.5 Å². The van der Waals surface area contributed by atoms with Crippen molar-refractivity contribution in [1.29, 1.82) is 0 Å². The topological polar surface area (TPSA) is 81.2 Å². The van der Waals surface area contributed by atoms with Crippen LogP contribution in [-0.2, 0) is 31.4 Å². The first-order valence-electron chi connectivity index (χ1n) is 6.90. The lowest BCUT2D eigenvalue weighted by Crippen LogP contribution is -2.27. The van der Waals surface area contributed by atoms with E-state index in [1.54, 1.807) is 24.9 Å². The van der Waals surface area contributed by atoms with Gasteiger partial charge < -0.3 is 9.42 Å². The number of carbonyl (C=O) groups is 1. The minimum Gasteiger partial charge on any atom is -0.360 e. The molecule has 0 spiro atoms. The number of rotatable bonds is 3. The molecule has 0 saturated carbocycles. The van der Waals surface area contributed by atoms with Crippen LogP contribution in [0.1, 0.15) is 29.3 Å². The van der Waals surface area contributed by atoms with Crippen LogP contribution >= 0.6 is 11.6 Å². The van der Waals surface area contributed by atoms with E-state index >= 15 is 0 Å². The molecule has 0 fully saturated rings. The number of amides is 1. The minimum absolute atomic E-state index is 0.0507. The summed E-state index contributed by atoms with van der Waals surface area (Å²) in [5, 5.41) is 3.84. The third-order valence-corrected chi connectivity index (χ3v) is 4.03.